The molecule has 0 aromatic heterocycles. The average Bonchev–Trinajstić information content (AvgIpc) is 3.00. The van der Waals surface area contributed by atoms with Crippen LogP contribution < -0.4 is 10.1 Å². The predicted molar refractivity (Wildman–Crippen MR) is 77.9 cm³/mol. The smallest absolute Gasteiger partial charge is 0.251 e. The van der Waals surface area contributed by atoms with E-state index in [0.717, 1.165) is 12.8 Å². The van der Waals surface area contributed by atoms with Crippen LogP contribution >= 0.6 is 0 Å². The van der Waals surface area contributed by atoms with Gasteiger partial charge in [-0.05, 0) is 43.9 Å². The fraction of sp³-hybridized carbons (Fsp3) is 0.562. The Labute approximate surface area is 120 Å². The minimum atomic E-state index is -0.828. The van der Waals surface area contributed by atoms with Crippen molar-refractivity contribution in [1.29, 1.82) is 0 Å². The van der Waals surface area contributed by atoms with Crippen LogP contribution in [0.4, 0.5) is 0 Å². The monoisotopic (exact) mass is 277 g/mol. The van der Waals surface area contributed by atoms with Gasteiger partial charge in [-0.3, -0.25) is 4.79 Å². The predicted octanol–water partition coefficient (Wildman–Crippen LogP) is 2.37. The molecule has 0 saturated heterocycles. The molecule has 4 nitrogen and oxygen atoms in total. The summed E-state index contributed by atoms with van der Waals surface area (Å²) in [6, 6.07) is 7.01. The van der Waals surface area contributed by atoms with E-state index in [2.05, 4.69) is 5.32 Å². The van der Waals surface area contributed by atoms with Crippen molar-refractivity contribution in [2.45, 2.75) is 38.2 Å². The van der Waals surface area contributed by atoms with Crippen LogP contribution in [0.15, 0.2) is 24.3 Å². The normalized spacial score (nSPS) is 18.6. The lowest BCUT2D eigenvalue weighted by molar-refractivity contribution is 0.00284. The molecule has 20 heavy (non-hydrogen) atoms. The average molecular weight is 277 g/mol. The standard InChI is InChI=1S/C16H23NO3/c1-16(19,13-7-3-4-8-13)11-17-15(18)12-6-5-9-14(10-12)20-2/h5-6,9-10,13,19H,3-4,7-8,11H2,1-2H3,(H,17,18). The van der Waals surface area contributed by atoms with Crippen LogP contribution in [0.1, 0.15) is 43.0 Å². The molecule has 2 rings (SSSR count). The second-order valence-electron chi connectivity index (χ2n) is 5.75. The number of benzene rings is 1. The molecule has 1 aromatic rings. The number of carbonyl (C=O) groups is 1. The molecule has 1 amide bonds. The van der Waals surface area contributed by atoms with Crippen molar-refractivity contribution in [3.63, 3.8) is 0 Å². The molecule has 110 valence electrons. The first-order valence-electron chi connectivity index (χ1n) is 7.17. The molecule has 1 aliphatic rings. The summed E-state index contributed by atoms with van der Waals surface area (Å²) >= 11 is 0. The van der Waals surface area contributed by atoms with Crippen molar-refractivity contribution >= 4 is 5.91 Å². The van der Waals surface area contributed by atoms with E-state index < -0.39 is 5.60 Å². The maximum atomic E-state index is 12.1. The van der Waals surface area contributed by atoms with Crippen molar-refractivity contribution < 1.29 is 14.6 Å². The molecule has 1 unspecified atom stereocenters. The fourth-order valence-electron chi connectivity index (χ4n) is 2.82. The van der Waals surface area contributed by atoms with E-state index >= 15 is 0 Å². The Kier molecular flexibility index (Phi) is 4.65. The summed E-state index contributed by atoms with van der Waals surface area (Å²) in [4.78, 5) is 12.1. The maximum absolute atomic E-state index is 12.1. The summed E-state index contributed by atoms with van der Waals surface area (Å²) in [6.45, 7) is 2.10. The number of carbonyl (C=O) groups excluding carboxylic acids is 1. The number of methoxy groups -OCH3 is 1. The van der Waals surface area contributed by atoms with Crippen molar-refractivity contribution in [1.82, 2.24) is 5.32 Å². The maximum Gasteiger partial charge on any atom is 0.251 e. The van der Waals surface area contributed by atoms with Gasteiger partial charge in [-0.1, -0.05) is 18.9 Å². The molecule has 1 saturated carbocycles. The lowest BCUT2D eigenvalue weighted by Crippen LogP contribution is -2.45. The number of amides is 1. The largest absolute Gasteiger partial charge is 0.497 e. The minimum absolute atomic E-state index is 0.179. The van der Waals surface area contributed by atoms with Gasteiger partial charge in [-0.25, -0.2) is 0 Å². The van der Waals surface area contributed by atoms with Gasteiger partial charge in [0.2, 0.25) is 0 Å². The van der Waals surface area contributed by atoms with E-state index in [1.165, 1.54) is 12.8 Å². The van der Waals surface area contributed by atoms with Gasteiger partial charge in [-0.2, -0.15) is 0 Å². The summed E-state index contributed by atoms with van der Waals surface area (Å²) in [5, 5.41) is 13.3. The summed E-state index contributed by atoms with van der Waals surface area (Å²) in [5.41, 5.74) is -0.281. The molecule has 1 aromatic carbocycles. The third-order valence-electron chi connectivity index (χ3n) is 4.17. The van der Waals surface area contributed by atoms with Crippen LogP contribution in [0.25, 0.3) is 0 Å². The summed E-state index contributed by atoms with van der Waals surface area (Å²) < 4.78 is 5.10. The molecular formula is C16H23NO3. The second-order valence-corrected chi connectivity index (χ2v) is 5.75. The van der Waals surface area contributed by atoms with Crippen LogP contribution in [-0.2, 0) is 0 Å². The van der Waals surface area contributed by atoms with Gasteiger partial charge in [0.15, 0.2) is 0 Å². The van der Waals surface area contributed by atoms with Crippen LogP contribution in [0.2, 0.25) is 0 Å². The van der Waals surface area contributed by atoms with Crippen LogP contribution in [0.3, 0.4) is 0 Å². The number of ether oxygens (including phenoxy) is 1. The molecule has 0 aliphatic heterocycles. The molecule has 0 spiro atoms. The summed E-state index contributed by atoms with van der Waals surface area (Å²) in [5.74, 6) is 0.760. The number of hydrogen-bond acceptors (Lipinski definition) is 3. The zero-order valence-electron chi connectivity index (χ0n) is 12.2. The molecule has 4 heteroatoms. The van der Waals surface area contributed by atoms with Gasteiger partial charge >= 0.3 is 0 Å². The van der Waals surface area contributed by atoms with Crippen LogP contribution in [-0.4, -0.2) is 30.3 Å². The van der Waals surface area contributed by atoms with Crippen molar-refractivity contribution in [2.24, 2.45) is 5.92 Å². The molecular weight excluding hydrogens is 254 g/mol. The van der Waals surface area contributed by atoms with Gasteiger partial charge in [0, 0.05) is 12.1 Å². The van der Waals surface area contributed by atoms with Crippen LogP contribution in [0.5, 0.6) is 5.75 Å². The Hall–Kier alpha value is -1.55. The molecule has 2 N–H and O–H groups in total. The molecule has 1 fully saturated rings. The second kappa shape index (κ2) is 6.27. The van der Waals surface area contributed by atoms with E-state index in [9.17, 15) is 9.90 Å². The molecule has 1 aliphatic carbocycles. The number of hydrogen-bond donors (Lipinski definition) is 2. The first-order valence-corrected chi connectivity index (χ1v) is 7.17. The van der Waals surface area contributed by atoms with E-state index in [0.29, 0.717) is 11.3 Å². The molecule has 1 atom stereocenters. The van der Waals surface area contributed by atoms with Gasteiger partial charge in [-0.15, -0.1) is 0 Å². The topological polar surface area (TPSA) is 58.6 Å². The number of nitrogens with one attached hydrogen (secondary N) is 1. The Balaban J connectivity index is 1.94. The van der Waals surface area contributed by atoms with Crippen molar-refractivity contribution in [3.8, 4) is 5.75 Å². The lowest BCUT2D eigenvalue weighted by Gasteiger charge is -2.30. The van der Waals surface area contributed by atoms with Gasteiger partial charge in [0.1, 0.15) is 5.75 Å². The lowest BCUT2D eigenvalue weighted by atomic mass is 9.87. The number of rotatable bonds is 5. The summed E-state index contributed by atoms with van der Waals surface area (Å²) in [7, 11) is 1.57. The highest BCUT2D eigenvalue weighted by atomic mass is 16.5. The molecule has 0 radical (unpaired) electrons. The van der Waals surface area contributed by atoms with E-state index in [4.69, 9.17) is 4.74 Å². The highest BCUT2D eigenvalue weighted by Gasteiger charge is 2.34. The molecule has 0 bridgehead atoms. The van der Waals surface area contributed by atoms with E-state index in [-0.39, 0.29) is 18.4 Å². The minimum Gasteiger partial charge on any atom is -0.497 e. The van der Waals surface area contributed by atoms with E-state index in [1.54, 1.807) is 31.4 Å². The Morgan fingerprint density at radius 1 is 1.45 bits per heavy atom. The van der Waals surface area contributed by atoms with Crippen molar-refractivity contribution in [2.75, 3.05) is 13.7 Å². The first-order chi connectivity index (χ1) is 9.53. The third kappa shape index (κ3) is 3.51. The fourth-order valence-corrected chi connectivity index (χ4v) is 2.82. The molecule has 0 heterocycles. The zero-order chi connectivity index (χ0) is 14.6. The highest BCUT2D eigenvalue weighted by Crippen LogP contribution is 2.33. The Morgan fingerprint density at radius 2 is 2.15 bits per heavy atom. The van der Waals surface area contributed by atoms with Gasteiger partial charge in [0.25, 0.3) is 5.91 Å². The zero-order valence-corrected chi connectivity index (χ0v) is 12.2. The van der Waals surface area contributed by atoms with E-state index in [1.807, 2.05) is 6.92 Å². The Bertz CT molecular complexity index is 465. The van der Waals surface area contributed by atoms with Crippen molar-refractivity contribution in [3.05, 3.63) is 29.8 Å². The number of aliphatic hydroxyl groups is 1. The first kappa shape index (κ1) is 14.9. The van der Waals surface area contributed by atoms with Gasteiger partial charge < -0.3 is 15.2 Å². The third-order valence-corrected chi connectivity index (χ3v) is 4.17. The SMILES string of the molecule is COc1cccc(C(=O)NCC(C)(O)C2CCCC2)c1. The highest BCUT2D eigenvalue weighted by molar-refractivity contribution is 5.94. The van der Waals surface area contributed by atoms with Gasteiger partial charge in [0.05, 0.1) is 12.7 Å². The van der Waals surface area contributed by atoms with Crippen LogP contribution in [0, 0.1) is 5.92 Å². The summed E-state index contributed by atoms with van der Waals surface area (Å²) in [6.07, 6.45) is 4.43. The Morgan fingerprint density at radius 3 is 2.80 bits per heavy atom. The quantitative estimate of drug-likeness (QED) is 0.868.